The summed E-state index contributed by atoms with van der Waals surface area (Å²) in [6.45, 7) is 6.04. The third kappa shape index (κ3) is 19.1. The zero-order chi connectivity index (χ0) is 84.3. The lowest BCUT2D eigenvalue weighted by Gasteiger charge is -2.47. The van der Waals surface area contributed by atoms with Gasteiger partial charge in [-0.2, -0.15) is 0 Å². The SMILES string of the molecule is CN[C@H](CC(C)C)C(=O)N[C@H]1C(=O)N[C@@H](CC(N)=O)C(=O)N[C@H]2C(=O)N[C@H]3C(=O)N[C@H](C(=O)N[C@H](C(=O)O)c4cc(O)cc(O)c4-c4cc3ccc4O)[C@H](O[C@H]3C[C@](C)(NCc4ccc(/C=C/c5ccc(Cl)cc5)cc4)[C@@H](O)[C@H](C)O3)c3ccc(c(Cl)c3)Oc3cc2cc(c3O[C@H]2O[C@@H](CO)[C@H](O)[C@@H](O)[C@@H]2O)Oc2ccc(cc2Cl)[C@H]1O. The van der Waals surface area contributed by atoms with Crippen molar-refractivity contribution < 1.29 is 118 Å². The summed E-state index contributed by atoms with van der Waals surface area (Å²) >= 11 is 20.5. The molecule has 18 atom stereocenters. The van der Waals surface area contributed by atoms with Gasteiger partial charge >= 0.3 is 5.97 Å². The van der Waals surface area contributed by atoms with E-state index < -0.39 is 237 Å². The molecule has 0 unspecified atom stereocenters. The van der Waals surface area contributed by atoms with Crippen molar-refractivity contribution in [2.75, 3.05) is 13.7 Å². The second-order valence-corrected chi connectivity index (χ2v) is 30.9. The Morgan fingerprint density at radius 1 is 0.667 bits per heavy atom. The van der Waals surface area contributed by atoms with E-state index in [1.807, 2.05) is 62.4 Å². The number of hydrogen-bond acceptors (Lipinski definition) is 25. The third-order valence-corrected chi connectivity index (χ3v) is 21.6. The van der Waals surface area contributed by atoms with Crippen LogP contribution in [0.2, 0.25) is 15.1 Å². The van der Waals surface area contributed by atoms with Gasteiger partial charge in [0.15, 0.2) is 23.8 Å². The molecule has 20 N–H and O–H groups in total. The molecule has 36 heteroatoms. The molecular formula is C81H86Cl3N9O24. The predicted molar refractivity (Wildman–Crippen MR) is 419 cm³/mol. The normalized spacial score (nSPS) is 27.1. The number of ether oxygens (including phenoxy) is 6. The molecule has 0 spiro atoms. The van der Waals surface area contributed by atoms with Gasteiger partial charge in [-0.05, 0) is 139 Å². The molecule has 7 amide bonds. The fraction of sp³-hybridized carbons (Fsp3) is 0.358. The molecule has 14 rings (SSSR count). The standard InChI is InChI=1S/C81H86Cl3N9O24/c1-34(2)22-49(86-5)73(104)92-64-66(99)40-15-20-53(47(83)24-40)113-55-26-42-27-56(71(55)117-80-69(102)68(101)67(100)57(33-94)115-80)114-54-21-16-41(25-48(54)84)70(116-59-31-81(4,72(103)35(3)112-59)87-32-38-10-8-36(9-11-38)6-7-37-12-17-43(82)18-13-37)65-78(109)91-63(79(110)111)46-28-44(95)29-52(97)60(46)45-23-39(14-19-51(45)96)61(75(106)93-65)90-76(107)62(42)89-74(105)50(30-58(85)98)88-77(64)108/h6-21,23-29,34-35,49-50,57,59,61-70,72,80,86-87,94-97,99-103H,22,30-33H2,1-5H3,(H2,85,98)(H,88,108)(H,89,105)(H,90,107)(H,91,109)(H,92,104)(H,93,106)(H,110,111)/b7-6+/t35-,49+,50-,57-,59-,61+,62+,63-,64+,65-,66+,67-,68+,69-,70+,72-,80+,81-/m0/s1. The van der Waals surface area contributed by atoms with Crippen LogP contribution in [0.15, 0.2) is 127 Å². The van der Waals surface area contributed by atoms with Gasteiger partial charge in [0, 0.05) is 46.3 Å². The van der Waals surface area contributed by atoms with E-state index in [9.17, 15) is 70.2 Å². The minimum Gasteiger partial charge on any atom is -0.508 e. The predicted octanol–water partition coefficient (Wildman–Crippen LogP) is 4.76. The van der Waals surface area contributed by atoms with E-state index in [4.69, 9.17) is 69.0 Å². The van der Waals surface area contributed by atoms with Crippen LogP contribution in [0.4, 0.5) is 0 Å². The first-order valence-corrected chi connectivity index (χ1v) is 38.2. The number of amides is 7. The van der Waals surface area contributed by atoms with Crippen molar-refractivity contribution in [2.24, 2.45) is 11.7 Å². The minimum atomic E-state index is -2.36. The Hall–Kier alpha value is -10.7. The molecule has 0 radical (unpaired) electrons. The molecule has 7 aromatic carbocycles. The third-order valence-electron chi connectivity index (χ3n) is 20.7. The number of rotatable bonds is 18. The summed E-state index contributed by atoms with van der Waals surface area (Å²) in [6.07, 6.45) is -15.2. The minimum absolute atomic E-state index is 0.104. The topological polar surface area (TPSA) is 517 Å². The summed E-state index contributed by atoms with van der Waals surface area (Å²) in [5, 5.41) is 136. The highest BCUT2D eigenvalue weighted by molar-refractivity contribution is 6.32. The number of aromatic hydroxyl groups is 3. The average molecular weight is 1680 g/mol. The van der Waals surface area contributed by atoms with E-state index in [-0.39, 0.29) is 52.8 Å². The molecule has 7 heterocycles. The van der Waals surface area contributed by atoms with Gasteiger partial charge in [0.05, 0.1) is 41.3 Å². The summed E-state index contributed by atoms with van der Waals surface area (Å²) in [5.41, 5.74) is 4.28. The lowest BCUT2D eigenvalue weighted by atomic mass is 9.84. The van der Waals surface area contributed by atoms with Crippen LogP contribution in [0.1, 0.15) is 122 Å². The maximum Gasteiger partial charge on any atom is 0.330 e. The van der Waals surface area contributed by atoms with Crippen molar-refractivity contribution in [2.45, 2.75) is 163 Å². The molecule has 0 saturated carbocycles. The fourth-order valence-electron chi connectivity index (χ4n) is 14.5. The number of phenols is 3. The molecule has 11 bridgehead atoms. The number of aliphatic carboxylic acids is 1. The maximum absolute atomic E-state index is 16.4. The van der Waals surface area contributed by atoms with Crippen LogP contribution >= 0.6 is 34.8 Å². The Kier molecular flexibility index (Phi) is 26.4. The van der Waals surface area contributed by atoms with Crippen LogP contribution in [0.3, 0.4) is 0 Å². The van der Waals surface area contributed by atoms with Crippen LogP contribution in [-0.4, -0.2) is 191 Å². The molecule has 0 aromatic heterocycles. The summed E-state index contributed by atoms with van der Waals surface area (Å²) in [4.78, 5) is 120. The number of aliphatic hydroxyl groups excluding tert-OH is 6. The van der Waals surface area contributed by atoms with Crippen molar-refractivity contribution in [3.8, 4) is 57.1 Å². The van der Waals surface area contributed by atoms with Gasteiger partial charge in [0.25, 0.3) is 0 Å². The number of nitrogens with one attached hydrogen (secondary N) is 8. The summed E-state index contributed by atoms with van der Waals surface area (Å²) < 4.78 is 38.9. The van der Waals surface area contributed by atoms with Gasteiger partial charge in [-0.3, -0.25) is 33.6 Å². The first-order chi connectivity index (χ1) is 55.6. The van der Waals surface area contributed by atoms with Crippen molar-refractivity contribution in [1.29, 1.82) is 0 Å². The van der Waals surface area contributed by atoms with E-state index in [0.29, 0.717) is 5.02 Å². The van der Waals surface area contributed by atoms with Crippen LogP contribution < -0.4 is 62.5 Å². The molecule has 33 nitrogen and oxygen atoms in total. The van der Waals surface area contributed by atoms with Gasteiger partial charge in [-0.1, -0.05) is 115 Å². The van der Waals surface area contributed by atoms with E-state index in [1.54, 1.807) is 19.1 Å². The number of benzene rings is 7. The quantitative estimate of drug-likeness (QED) is 0.0515. The van der Waals surface area contributed by atoms with Gasteiger partial charge in [-0.25, -0.2) is 4.79 Å². The largest absolute Gasteiger partial charge is 0.508 e. The van der Waals surface area contributed by atoms with E-state index >= 15 is 19.2 Å². The number of carbonyl (C=O) groups is 8. The van der Waals surface area contributed by atoms with Crippen LogP contribution in [0, 0.1) is 5.92 Å². The number of hydrogen-bond donors (Lipinski definition) is 19. The second kappa shape index (κ2) is 36.0. The van der Waals surface area contributed by atoms with E-state index in [0.717, 1.165) is 65.2 Å². The average Bonchev–Trinajstić information content (AvgIpc) is 0.762. The highest BCUT2D eigenvalue weighted by Crippen LogP contribution is 2.50. The van der Waals surface area contributed by atoms with Crippen molar-refractivity contribution >= 4 is 94.3 Å². The molecule has 2 saturated heterocycles. The monoisotopic (exact) mass is 1670 g/mol. The Bertz CT molecular complexity index is 4990. The lowest BCUT2D eigenvalue weighted by molar-refractivity contribution is -0.277. The van der Waals surface area contributed by atoms with Crippen LogP contribution in [0.25, 0.3) is 23.3 Å². The summed E-state index contributed by atoms with van der Waals surface area (Å²) in [7, 11) is 1.48. The smallest absolute Gasteiger partial charge is 0.330 e. The highest BCUT2D eigenvalue weighted by atomic mass is 35.5. The number of halogens is 3. The summed E-state index contributed by atoms with van der Waals surface area (Å²) in [5.74, 6) is -16.0. The van der Waals surface area contributed by atoms with Gasteiger partial charge < -0.3 is 128 Å². The Morgan fingerprint density at radius 2 is 1.27 bits per heavy atom. The molecule has 7 aromatic rings. The molecule has 7 aliphatic heterocycles. The molecule has 0 aliphatic carbocycles. The number of likely N-dealkylation sites (N-methyl/N-ethyl adjacent to an activating group) is 1. The number of phenolic OH excluding ortho intramolecular Hbond substituents is 3. The van der Waals surface area contributed by atoms with Gasteiger partial charge in [-0.15, -0.1) is 0 Å². The van der Waals surface area contributed by atoms with E-state index in [1.165, 1.54) is 44.3 Å². The van der Waals surface area contributed by atoms with Crippen LogP contribution in [-0.2, 0) is 59.1 Å². The summed E-state index contributed by atoms with van der Waals surface area (Å²) in [6, 6.07) is 14.5. The lowest BCUT2D eigenvalue weighted by Crippen LogP contribution is -2.63. The van der Waals surface area contributed by atoms with Crippen molar-refractivity contribution in [3.63, 3.8) is 0 Å². The number of primary amides is 1. The first kappa shape index (κ1) is 85.6. The molecule has 2 fully saturated rings. The number of fused-ring (bicyclic) bond motifs is 15. The zero-order valence-corrected chi connectivity index (χ0v) is 65.4. The number of carbonyl (C=O) groups excluding carboxylic acids is 7. The zero-order valence-electron chi connectivity index (χ0n) is 63.1. The fourth-order valence-corrected chi connectivity index (χ4v) is 15.0. The molecule has 7 aliphatic rings. The molecular weight excluding hydrogens is 1590 g/mol. The van der Waals surface area contributed by atoms with Crippen molar-refractivity contribution in [1.82, 2.24) is 42.5 Å². The molecule has 620 valence electrons. The number of carboxylic acid groups (broad SMARTS) is 1. The second-order valence-electron chi connectivity index (χ2n) is 29.6. The number of aliphatic hydroxyl groups is 6. The van der Waals surface area contributed by atoms with E-state index in [2.05, 4.69) is 42.5 Å². The van der Waals surface area contributed by atoms with Gasteiger partial charge in [0.1, 0.15) is 95.6 Å². The van der Waals surface area contributed by atoms with Crippen molar-refractivity contribution in [3.05, 3.63) is 187 Å². The Balaban J connectivity index is 1.05. The molecule has 117 heavy (non-hydrogen) atoms. The first-order valence-electron chi connectivity index (χ1n) is 37.0. The maximum atomic E-state index is 16.4. The van der Waals surface area contributed by atoms with Crippen LogP contribution in [0.5, 0.6) is 46.0 Å². The number of carboxylic acids is 1. The number of nitrogens with two attached hydrogens (primary N) is 1. The Morgan fingerprint density at radius 3 is 1.89 bits per heavy atom. The Labute approximate surface area is 683 Å². The van der Waals surface area contributed by atoms with Gasteiger partial charge in [0.2, 0.25) is 53.4 Å². The highest BCUT2D eigenvalue weighted by Gasteiger charge is 2.50.